The molecule has 3 aromatic rings. The third-order valence-corrected chi connectivity index (χ3v) is 3.74. The van der Waals surface area contributed by atoms with Crippen molar-refractivity contribution < 1.29 is 14.3 Å². The minimum atomic E-state index is -0.216. The van der Waals surface area contributed by atoms with Gasteiger partial charge < -0.3 is 14.8 Å². The molecule has 2 aromatic carbocycles. The predicted octanol–water partition coefficient (Wildman–Crippen LogP) is 3.81. The molecule has 0 aliphatic carbocycles. The predicted molar refractivity (Wildman–Crippen MR) is 94.0 cm³/mol. The minimum Gasteiger partial charge on any atom is -0.493 e. The topological polar surface area (TPSA) is 60.5 Å². The lowest BCUT2D eigenvalue weighted by Crippen LogP contribution is -2.13. The maximum atomic E-state index is 12.6. The van der Waals surface area contributed by atoms with Crippen LogP contribution in [0.15, 0.2) is 48.5 Å². The van der Waals surface area contributed by atoms with E-state index in [1.165, 1.54) is 0 Å². The Kier molecular flexibility index (Phi) is 4.33. The summed E-state index contributed by atoms with van der Waals surface area (Å²) in [7, 11) is 3.10. The number of rotatable bonds is 4. The number of fused-ring (bicyclic) bond motifs is 1. The van der Waals surface area contributed by atoms with E-state index in [2.05, 4.69) is 10.3 Å². The number of nitrogens with zero attached hydrogens (tertiary/aromatic N) is 1. The van der Waals surface area contributed by atoms with Gasteiger partial charge in [0.15, 0.2) is 11.5 Å². The first-order chi connectivity index (χ1) is 11.6. The van der Waals surface area contributed by atoms with Crippen molar-refractivity contribution in [2.24, 2.45) is 0 Å². The van der Waals surface area contributed by atoms with Gasteiger partial charge in [-0.2, -0.15) is 0 Å². The van der Waals surface area contributed by atoms with Gasteiger partial charge in [-0.15, -0.1) is 0 Å². The normalized spacial score (nSPS) is 10.5. The highest BCUT2D eigenvalue weighted by Crippen LogP contribution is 2.28. The number of anilines is 1. The van der Waals surface area contributed by atoms with Crippen LogP contribution in [0.25, 0.3) is 10.9 Å². The van der Waals surface area contributed by atoms with E-state index >= 15 is 0 Å². The molecular formula is C19H18N2O3. The first kappa shape index (κ1) is 15.8. The van der Waals surface area contributed by atoms with Gasteiger partial charge in [-0.3, -0.25) is 9.78 Å². The molecular weight excluding hydrogens is 304 g/mol. The molecule has 0 unspecified atom stereocenters. The lowest BCUT2D eigenvalue weighted by atomic mass is 10.1. The van der Waals surface area contributed by atoms with Gasteiger partial charge in [-0.05, 0) is 37.3 Å². The van der Waals surface area contributed by atoms with E-state index in [-0.39, 0.29) is 5.91 Å². The van der Waals surface area contributed by atoms with Crippen molar-refractivity contribution in [2.45, 2.75) is 6.92 Å². The maximum Gasteiger partial charge on any atom is 0.255 e. The van der Waals surface area contributed by atoms with Gasteiger partial charge >= 0.3 is 0 Å². The average molecular weight is 322 g/mol. The third-order valence-electron chi connectivity index (χ3n) is 3.74. The fraction of sp³-hybridized carbons (Fsp3) is 0.158. The zero-order valence-electron chi connectivity index (χ0n) is 13.8. The minimum absolute atomic E-state index is 0.216. The summed E-state index contributed by atoms with van der Waals surface area (Å²) < 4.78 is 10.4. The standard InChI is InChI=1S/C19H18N2O3/c1-12-10-16(14-6-4-5-7-15(14)20-12)21-19(22)13-8-9-17(23-2)18(11-13)24-3/h4-11H,1-3H3,(H,20,21,22). The molecule has 5 heteroatoms. The quantitative estimate of drug-likeness (QED) is 0.793. The Morgan fingerprint density at radius 1 is 1.00 bits per heavy atom. The van der Waals surface area contributed by atoms with Gasteiger partial charge in [-0.1, -0.05) is 18.2 Å². The molecule has 0 radical (unpaired) electrons. The Labute approximate surface area is 140 Å². The Balaban J connectivity index is 1.96. The number of carbonyl (C=O) groups is 1. The summed E-state index contributed by atoms with van der Waals surface area (Å²) >= 11 is 0. The zero-order chi connectivity index (χ0) is 17.1. The summed E-state index contributed by atoms with van der Waals surface area (Å²) in [5.41, 5.74) is 2.92. The van der Waals surface area contributed by atoms with Crippen LogP contribution in [-0.2, 0) is 0 Å². The molecule has 0 spiro atoms. The van der Waals surface area contributed by atoms with Crippen molar-refractivity contribution in [2.75, 3.05) is 19.5 Å². The molecule has 1 heterocycles. The molecule has 122 valence electrons. The monoisotopic (exact) mass is 322 g/mol. The first-order valence-electron chi connectivity index (χ1n) is 7.52. The van der Waals surface area contributed by atoms with Crippen LogP contribution >= 0.6 is 0 Å². The molecule has 0 aliphatic heterocycles. The van der Waals surface area contributed by atoms with Crippen LogP contribution in [0.4, 0.5) is 5.69 Å². The molecule has 24 heavy (non-hydrogen) atoms. The van der Waals surface area contributed by atoms with Crippen LogP contribution in [0.1, 0.15) is 16.1 Å². The van der Waals surface area contributed by atoms with Crippen LogP contribution in [0.2, 0.25) is 0 Å². The summed E-state index contributed by atoms with van der Waals surface area (Å²) in [5, 5.41) is 3.86. The molecule has 0 saturated heterocycles. The Bertz CT molecular complexity index is 906. The van der Waals surface area contributed by atoms with Gasteiger partial charge in [0.25, 0.3) is 5.91 Å². The second kappa shape index (κ2) is 6.58. The fourth-order valence-corrected chi connectivity index (χ4v) is 2.58. The molecule has 5 nitrogen and oxygen atoms in total. The van der Waals surface area contributed by atoms with E-state index in [1.54, 1.807) is 32.4 Å². The number of hydrogen-bond acceptors (Lipinski definition) is 4. The van der Waals surface area contributed by atoms with Crippen molar-refractivity contribution >= 4 is 22.5 Å². The van der Waals surface area contributed by atoms with Gasteiger partial charge in [0.1, 0.15) is 0 Å². The lowest BCUT2D eigenvalue weighted by Gasteiger charge is -2.12. The van der Waals surface area contributed by atoms with Crippen molar-refractivity contribution in [1.29, 1.82) is 0 Å². The number of benzene rings is 2. The highest BCUT2D eigenvalue weighted by Gasteiger charge is 2.13. The number of ether oxygens (including phenoxy) is 2. The number of methoxy groups -OCH3 is 2. The van der Waals surface area contributed by atoms with Crippen molar-refractivity contribution in [1.82, 2.24) is 4.98 Å². The largest absolute Gasteiger partial charge is 0.493 e. The molecule has 0 saturated carbocycles. The molecule has 3 rings (SSSR count). The molecule has 1 aromatic heterocycles. The number of nitrogens with one attached hydrogen (secondary N) is 1. The summed E-state index contributed by atoms with van der Waals surface area (Å²) in [4.78, 5) is 17.1. The average Bonchev–Trinajstić information content (AvgIpc) is 2.60. The number of hydrogen-bond donors (Lipinski definition) is 1. The van der Waals surface area contributed by atoms with Crippen molar-refractivity contribution in [3.8, 4) is 11.5 Å². The van der Waals surface area contributed by atoms with Crippen LogP contribution in [0.5, 0.6) is 11.5 Å². The van der Waals surface area contributed by atoms with Gasteiger partial charge in [0, 0.05) is 16.6 Å². The van der Waals surface area contributed by atoms with Gasteiger partial charge in [-0.25, -0.2) is 0 Å². The zero-order valence-corrected chi connectivity index (χ0v) is 13.8. The van der Waals surface area contributed by atoms with E-state index in [1.807, 2.05) is 37.3 Å². The molecule has 0 atom stereocenters. The Morgan fingerprint density at radius 3 is 2.50 bits per heavy atom. The number of pyridine rings is 1. The van der Waals surface area contributed by atoms with E-state index in [0.717, 1.165) is 22.3 Å². The van der Waals surface area contributed by atoms with Gasteiger partial charge in [0.05, 0.1) is 25.4 Å². The molecule has 1 amide bonds. The molecule has 0 aliphatic rings. The number of aromatic nitrogens is 1. The maximum absolute atomic E-state index is 12.6. The fourth-order valence-electron chi connectivity index (χ4n) is 2.58. The molecule has 0 bridgehead atoms. The smallest absolute Gasteiger partial charge is 0.255 e. The Hall–Kier alpha value is -3.08. The Morgan fingerprint density at radius 2 is 1.75 bits per heavy atom. The molecule has 1 N–H and O–H groups in total. The first-order valence-corrected chi connectivity index (χ1v) is 7.52. The van der Waals surface area contributed by atoms with Crippen molar-refractivity contribution in [3.63, 3.8) is 0 Å². The van der Waals surface area contributed by atoms with E-state index < -0.39 is 0 Å². The number of amides is 1. The SMILES string of the molecule is COc1ccc(C(=O)Nc2cc(C)nc3ccccc23)cc1OC. The van der Waals surface area contributed by atoms with Gasteiger partial charge in [0.2, 0.25) is 0 Å². The third kappa shape index (κ3) is 3.01. The highest BCUT2D eigenvalue weighted by molar-refractivity contribution is 6.09. The van der Waals surface area contributed by atoms with E-state index in [4.69, 9.17) is 9.47 Å². The summed E-state index contributed by atoms with van der Waals surface area (Å²) in [6.07, 6.45) is 0. The molecule has 0 fully saturated rings. The second-order valence-electron chi connectivity index (χ2n) is 5.35. The number of para-hydroxylation sites is 1. The summed E-state index contributed by atoms with van der Waals surface area (Å²) in [5.74, 6) is 0.881. The van der Waals surface area contributed by atoms with Crippen LogP contribution in [0, 0.1) is 6.92 Å². The van der Waals surface area contributed by atoms with Crippen LogP contribution in [0.3, 0.4) is 0 Å². The van der Waals surface area contributed by atoms with E-state index in [0.29, 0.717) is 17.1 Å². The van der Waals surface area contributed by atoms with Crippen molar-refractivity contribution in [3.05, 3.63) is 59.8 Å². The number of carbonyl (C=O) groups excluding carboxylic acids is 1. The van der Waals surface area contributed by atoms with E-state index in [9.17, 15) is 4.79 Å². The second-order valence-corrected chi connectivity index (χ2v) is 5.35. The summed E-state index contributed by atoms with van der Waals surface area (Å²) in [6.45, 7) is 1.90. The van der Waals surface area contributed by atoms with Crippen LogP contribution in [-0.4, -0.2) is 25.1 Å². The lowest BCUT2D eigenvalue weighted by molar-refractivity contribution is 0.102. The highest BCUT2D eigenvalue weighted by atomic mass is 16.5. The van der Waals surface area contributed by atoms with Crippen LogP contribution < -0.4 is 14.8 Å². The summed E-state index contributed by atoms with van der Waals surface area (Å²) in [6, 6.07) is 14.6. The number of aryl methyl sites for hydroxylation is 1.